The molecule has 3 rings (SSSR count). The van der Waals surface area contributed by atoms with Crippen LogP contribution in [0.4, 0.5) is 5.69 Å². The zero-order chi connectivity index (χ0) is 17.6. The van der Waals surface area contributed by atoms with Crippen molar-refractivity contribution >= 4 is 17.3 Å². The van der Waals surface area contributed by atoms with Crippen LogP contribution in [0.5, 0.6) is 0 Å². The van der Waals surface area contributed by atoms with Gasteiger partial charge in [0, 0.05) is 26.2 Å². The molecule has 1 aliphatic rings. The molecule has 0 bridgehead atoms. The number of hydrogen-bond acceptors (Lipinski definition) is 4. The van der Waals surface area contributed by atoms with E-state index in [1.165, 1.54) is 23.9 Å². The molecule has 1 aliphatic heterocycles. The summed E-state index contributed by atoms with van der Waals surface area (Å²) in [6.45, 7) is 7.14. The van der Waals surface area contributed by atoms with Gasteiger partial charge < -0.3 is 4.90 Å². The Labute approximate surface area is 153 Å². The van der Waals surface area contributed by atoms with Crippen molar-refractivity contribution in [3.8, 4) is 5.69 Å². The molecule has 6 heteroatoms. The van der Waals surface area contributed by atoms with E-state index < -0.39 is 0 Å². The molecule has 2 aromatic rings. The van der Waals surface area contributed by atoms with Gasteiger partial charge in [0.15, 0.2) is 0 Å². The summed E-state index contributed by atoms with van der Waals surface area (Å²) < 4.78 is 1.35. The van der Waals surface area contributed by atoms with E-state index >= 15 is 0 Å². The maximum Gasteiger partial charge on any atom is 0.292 e. The van der Waals surface area contributed by atoms with Crippen LogP contribution in [0.1, 0.15) is 26.2 Å². The van der Waals surface area contributed by atoms with Crippen molar-refractivity contribution in [1.29, 1.82) is 0 Å². The second-order valence-corrected chi connectivity index (χ2v) is 6.81. The first kappa shape index (κ1) is 18.0. The van der Waals surface area contributed by atoms with Crippen molar-refractivity contribution in [3.63, 3.8) is 0 Å². The predicted molar refractivity (Wildman–Crippen MR) is 103 cm³/mol. The fourth-order valence-corrected chi connectivity index (χ4v) is 3.44. The van der Waals surface area contributed by atoms with Gasteiger partial charge in [0.1, 0.15) is 5.02 Å². The number of piperazine rings is 1. The Balaban J connectivity index is 1.70. The van der Waals surface area contributed by atoms with E-state index in [2.05, 4.69) is 21.8 Å². The maximum absolute atomic E-state index is 12.6. The zero-order valence-corrected chi connectivity index (χ0v) is 15.5. The first-order chi connectivity index (χ1) is 12.2. The van der Waals surface area contributed by atoms with Crippen molar-refractivity contribution in [1.82, 2.24) is 14.7 Å². The monoisotopic (exact) mass is 360 g/mol. The largest absolute Gasteiger partial charge is 0.366 e. The fraction of sp³-hybridized carbons (Fsp3) is 0.474. The summed E-state index contributed by atoms with van der Waals surface area (Å²) in [6, 6.07) is 9.36. The molecule has 0 saturated carbocycles. The van der Waals surface area contributed by atoms with Crippen LogP contribution in [-0.4, -0.2) is 47.4 Å². The Hall–Kier alpha value is -1.85. The summed E-state index contributed by atoms with van der Waals surface area (Å²) in [4.78, 5) is 17.3. The van der Waals surface area contributed by atoms with Crippen LogP contribution in [0, 0.1) is 0 Å². The lowest BCUT2D eigenvalue weighted by Crippen LogP contribution is -2.47. The second-order valence-electron chi connectivity index (χ2n) is 6.43. The van der Waals surface area contributed by atoms with Crippen LogP contribution in [0.2, 0.25) is 5.02 Å². The Morgan fingerprint density at radius 1 is 1.08 bits per heavy atom. The Morgan fingerprint density at radius 3 is 2.48 bits per heavy atom. The van der Waals surface area contributed by atoms with Crippen molar-refractivity contribution in [2.24, 2.45) is 0 Å². The Kier molecular flexibility index (Phi) is 6.10. The molecule has 134 valence electrons. The number of benzene rings is 1. The highest BCUT2D eigenvalue weighted by Gasteiger charge is 2.21. The van der Waals surface area contributed by atoms with E-state index in [9.17, 15) is 4.79 Å². The van der Waals surface area contributed by atoms with E-state index in [4.69, 9.17) is 11.6 Å². The van der Waals surface area contributed by atoms with Crippen LogP contribution in [0.3, 0.4) is 0 Å². The molecule has 0 N–H and O–H groups in total. The number of halogens is 1. The lowest BCUT2D eigenvalue weighted by atomic mass is 10.2. The van der Waals surface area contributed by atoms with Crippen molar-refractivity contribution in [2.45, 2.75) is 26.2 Å². The van der Waals surface area contributed by atoms with E-state index in [0.29, 0.717) is 0 Å². The third-order valence-corrected chi connectivity index (χ3v) is 5.05. The molecule has 1 aromatic heterocycles. The van der Waals surface area contributed by atoms with Crippen LogP contribution in [-0.2, 0) is 0 Å². The molecule has 2 heterocycles. The van der Waals surface area contributed by atoms with Crippen molar-refractivity contribution in [3.05, 3.63) is 51.9 Å². The average Bonchev–Trinajstić information content (AvgIpc) is 2.66. The molecule has 0 aliphatic carbocycles. The van der Waals surface area contributed by atoms with E-state index in [0.717, 1.165) is 44.1 Å². The fourth-order valence-electron chi connectivity index (χ4n) is 3.20. The normalized spacial score (nSPS) is 15.5. The average molecular weight is 361 g/mol. The molecule has 1 aromatic carbocycles. The zero-order valence-electron chi connectivity index (χ0n) is 14.7. The highest BCUT2D eigenvalue weighted by Crippen LogP contribution is 2.23. The van der Waals surface area contributed by atoms with Gasteiger partial charge in [-0.15, -0.1) is 0 Å². The summed E-state index contributed by atoms with van der Waals surface area (Å²) >= 11 is 6.39. The van der Waals surface area contributed by atoms with Gasteiger partial charge >= 0.3 is 0 Å². The first-order valence-corrected chi connectivity index (χ1v) is 9.39. The molecule has 5 nitrogen and oxygen atoms in total. The molecule has 1 saturated heterocycles. The van der Waals surface area contributed by atoms with Crippen LogP contribution in [0.25, 0.3) is 5.69 Å². The molecular formula is C19H25ClN4O. The van der Waals surface area contributed by atoms with Crippen molar-refractivity contribution in [2.75, 3.05) is 37.6 Å². The summed E-state index contributed by atoms with van der Waals surface area (Å²) in [5.74, 6) is 0. The Morgan fingerprint density at radius 2 is 1.80 bits per heavy atom. The number of para-hydroxylation sites is 1. The number of anilines is 1. The van der Waals surface area contributed by atoms with Gasteiger partial charge in [0.25, 0.3) is 5.56 Å². The molecule has 0 unspecified atom stereocenters. The lowest BCUT2D eigenvalue weighted by molar-refractivity contribution is 0.252. The summed E-state index contributed by atoms with van der Waals surface area (Å²) in [6.07, 6.45) is 5.50. The van der Waals surface area contributed by atoms with Crippen molar-refractivity contribution < 1.29 is 0 Å². The number of aromatic nitrogens is 2. The minimum Gasteiger partial charge on any atom is -0.366 e. The molecule has 25 heavy (non-hydrogen) atoms. The number of unbranched alkanes of at least 4 members (excludes halogenated alkanes) is 2. The van der Waals surface area contributed by atoms with E-state index in [-0.39, 0.29) is 10.6 Å². The van der Waals surface area contributed by atoms with Gasteiger partial charge in [-0.1, -0.05) is 49.6 Å². The standard InChI is InChI=1S/C19H25ClN4O/c1-2-3-7-10-22-11-13-23(14-12-22)17-15-21-24(19(25)18(17)20)16-8-5-4-6-9-16/h4-6,8-9,15H,2-3,7,10-14H2,1H3. The predicted octanol–water partition coefficient (Wildman–Crippen LogP) is 3.20. The van der Waals surface area contributed by atoms with Gasteiger partial charge in [-0.25, -0.2) is 0 Å². The molecular weight excluding hydrogens is 336 g/mol. The van der Waals surface area contributed by atoms with Crippen LogP contribution < -0.4 is 10.5 Å². The minimum atomic E-state index is -0.268. The molecule has 1 fully saturated rings. The molecule has 0 spiro atoms. The summed E-state index contributed by atoms with van der Waals surface area (Å²) in [5, 5.41) is 4.58. The lowest BCUT2D eigenvalue weighted by Gasteiger charge is -2.36. The quantitative estimate of drug-likeness (QED) is 0.742. The van der Waals surface area contributed by atoms with Gasteiger partial charge in [0.2, 0.25) is 0 Å². The number of hydrogen-bond donors (Lipinski definition) is 0. The van der Waals surface area contributed by atoms with Gasteiger partial charge in [-0.05, 0) is 25.1 Å². The van der Waals surface area contributed by atoms with Gasteiger partial charge in [0.05, 0.1) is 17.6 Å². The smallest absolute Gasteiger partial charge is 0.292 e. The van der Waals surface area contributed by atoms with E-state index in [1.54, 1.807) is 6.20 Å². The molecule has 0 atom stereocenters. The highest BCUT2D eigenvalue weighted by molar-refractivity contribution is 6.33. The van der Waals surface area contributed by atoms with Gasteiger partial charge in [-0.3, -0.25) is 9.69 Å². The second kappa shape index (κ2) is 8.50. The highest BCUT2D eigenvalue weighted by atomic mass is 35.5. The summed E-state index contributed by atoms with van der Waals surface area (Å²) in [7, 11) is 0. The first-order valence-electron chi connectivity index (χ1n) is 9.01. The summed E-state index contributed by atoms with van der Waals surface area (Å²) in [5.41, 5.74) is 1.20. The molecule has 0 amide bonds. The SMILES string of the molecule is CCCCCN1CCN(c2cnn(-c3ccccc3)c(=O)c2Cl)CC1. The number of nitrogens with zero attached hydrogens (tertiary/aromatic N) is 4. The van der Waals surface area contributed by atoms with Crippen LogP contribution in [0.15, 0.2) is 41.3 Å². The minimum absolute atomic E-state index is 0.248. The topological polar surface area (TPSA) is 41.4 Å². The van der Waals surface area contributed by atoms with Gasteiger partial charge in [-0.2, -0.15) is 9.78 Å². The maximum atomic E-state index is 12.6. The Bertz CT molecular complexity index is 739. The third kappa shape index (κ3) is 4.22. The third-order valence-electron chi connectivity index (χ3n) is 4.69. The number of rotatable bonds is 6. The van der Waals surface area contributed by atoms with E-state index in [1.807, 2.05) is 30.3 Å². The molecule has 0 radical (unpaired) electrons. The van der Waals surface area contributed by atoms with Crippen LogP contribution >= 0.6 is 11.6 Å².